The van der Waals surface area contributed by atoms with Crippen LogP contribution in [0.15, 0.2) is 29.2 Å². The summed E-state index contributed by atoms with van der Waals surface area (Å²) < 4.78 is 0. The van der Waals surface area contributed by atoms with Crippen LogP contribution in [-0.2, 0) is 18.6 Å². The topological polar surface area (TPSA) is 37.8 Å². The van der Waals surface area contributed by atoms with Crippen LogP contribution in [0.25, 0.3) is 0 Å². The minimum absolute atomic E-state index is 0.418. The Labute approximate surface area is 138 Å². The fourth-order valence-corrected chi connectivity index (χ4v) is 3.93. The molecule has 0 amide bonds. The molecule has 0 unspecified atom stereocenters. The second-order valence-electron chi connectivity index (χ2n) is 4.90. The molecule has 3 nitrogen and oxygen atoms in total. The number of benzene rings is 1. The molecule has 0 bridgehead atoms. The maximum absolute atomic E-state index is 6.41. The molecule has 0 radical (unpaired) electrons. The highest BCUT2D eigenvalue weighted by Crippen LogP contribution is 2.35. The average molecular weight is 340 g/mol. The van der Waals surface area contributed by atoms with E-state index in [2.05, 4.69) is 21.6 Å². The van der Waals surface area contributed by atoms with Gasteiger partial charge in [-0.1, -0.05) is 29.3 Å². The molecule has 0 atom stereocenters. The molecular weight excluding hydrogens is 325 g/mol. The van der Waals surface area contributed by atoms with E-state index < -0.39 is 0 Å². The molecule has 0 saturated heterocycles. The van der Waals surface area contributed by atoms with Crippen LogP contribution in [0.1, 0.15) is 16.8 Å². The molecule has 2 heterocycles. The molecule has 1 aliphatic heterocycles. The van der Waals surface area contributed by atoms with Crippen molar-refractivity contribution in [2.75, 3.05) is 13.1 Å². The summed E-state index contributed by atoms with van der Waals surface area (Å²) in [5.41, 5.74) is 3.68. The second-order valence-corrected chi connectivity index (χ2v) is 6.68. The van der Waals surface area contributed by atoms with Crippen molar-refractivity contribution in [3.8, 4) is 0 Å². The highest BCUT2D eigenvalue weighted by Gasteiger charge is 2.15. The van der Waals surface area contributed by atoms with Gasteiger partial charge in [-0.2, -0.15) is 5.10 Å². The summed E-state index contributed by atoms with van der Waals surface area (Å²) in [5, 5.41) is 12.6. The van der Waals surface area contributed by atoms with Crippen molar-refractivity contribution in [1.29, 1.82) is 0 Å². The van der Waals surface area contributed by atoms with Crippen molar-refractivity contribution < 1.29 is 0 Å². The van der Waals surface area contributed by atoms with Crippen LogP contribution >= 0.6 is 35.0 Å². The first kappa shape index (κ1) is 15.1. The molecule has 110 valence electrons. The lowest BCUT2D eigenvalue weighted by molar-refractivity contribution is 0.709. The normalized spacial score (nSPS) is 14.6. The van der Waals surface area contributed by atoms with E-state index in [1.54, 1.807) is 17.8 Å². The molecule has 1 aliphatic rings. The van der Waals surface area contributed by atoms with E-state index in [0.29, 0.717) is 5.15 Å². The standard InChI is InChI=1S/C15H15Cl2N3S/c16-13-3-1-10-5-7-18-8-6-12(10)15(13)21-9-11-2-4-14(17)20-19-11/h1-4,18H,5-9H2. The number of rotatable bonds is 3. The summed E-state index contributed by atoms with van der Waals surface area (Å²) in [5.74, 6) is 0.744. The lowest BCUT2D eigenvalue weighted by Gasteiger charge is -2.13. The number of halogens is 2. The largest absolute Gasteiger partial charge is 0.316 e. The number of nitrogens with zero attached hydrogens (tertiary/aromatic N) is 2. The monoisotopic (exact) mass is 339 g/mol. The zero-order valence-corrected chi connectivity index (χ0v) is 13.7. The molecule has 0 spiro atoms. The highest BCUT2D eigenvalue weighted by atomic mass is 35.5. The Morgan fingerprint density at radius 1 is 1.05 bits per heavy atom. The van der Waals surface area contributed by atoms with Crippen molar-refractivity contribution in [3.63, 3.8) is 0 Å². The van der Waals surface area contributed by atoms with E-state index in [0.717, 1.165) is 42.4 Å². The van der Waals surface area contributed by atoms with E-state index in [9.17, 15) is 0 Å². The molecular formula is C15H15Cl2N3S. The van der Waals surface area contributed by atoms with Crippen LogP contribution in [0, 0.1) is 0 Å². The molecule has 0 aliphatic carbocycles. The van der Waals surface area contributed by atoms with Crippen LogP contribution in [0.4, 0.5) is 0 Å². The van der Waals surface area contributed by atoms with Gasteiger partial charge in [-0.05, 0) is 55.3 Å². The van der Waals surface area contributed by atoms with Gasteiger partial charge in [0.15, 0.2) is 5.15 Å². The third-order valence-electron chi connectivity index (χ3n) is 3.48. The van der Waals surface area contributed by atoms with Crippen LogP contribution in [-0.4, -0.2) is 23.3 Å². The predicted octanol–water partition coefficient (Wildman–Crippen LogP) is 3.76. The summed E-state index contributed by atoms with van der Waals surface area (Å²) in [6, 6.07) is 7.82. The Morgan fingerprint density at radius 2 is 1.90 bits per heavy atom. The van der Waals surface area contributed by atoms with Crippen molar-refractivity contribution in [3.05, 3.63) is 51.3 Å². The van der Waals surface area contributed by atoms with Gasteiger partial charge in [-0.15, -0.1) is 16.9 Å². The predicted molar refractivity (Wildman–Crippen MR) is 88.3 cm³/mol. The molecule has 6 heteroatoms. The van der Waals surface area contributed by atoms with Gasteiger partial charge in [-0.3, -0.25) is 0 Å². The Hall–Kier alpha value is -0.810. The Morgan fingerprint density at radius 3 is 2.71 bits per heavy atom. The molecule has 0 fully saturated rings. The molecule has 0 saturated carbocycles. The van der Waals surface area contributed by atoms with Crippen molar-refractivity contribution >= 4 is 35.0 Å². The Kier molecular flexibility index (Phi) is 5.01. The van der Waals surface area contributed by atoms with Gasteiger partial charge in [0.2, 0.25) is 0 Å². The summed E-state index contributed by atoms with van der Waals surface area (Å²) in [6.45, 7) is 2.03. The second kappa shape index (κ2) is 6.97. The van der Waals surface area contributed by atoms with E-state index in [-0.39, 0.29) is 0 Å². The van der Waals surface area contributed by atoms with Gasteiger partial charge in [0, 0.05) is 10.6 Å². The Balaban J connectivity index is 1.82. The zero-order valence-electron chi connectivity index (χ0n) is 11.4. The van der Waals surface area contributed by atoms with E-state index in [1.807, 2.05) is 12.1 Å². The van der Waals surface area contributed by atoms with Gasteiger partial charge in [-0.25, -0.2) is 0 Å². The van der Waals surface area contributed by atoms with Crippen LogP contribution in [0.3, 0.4) is 0 Å². The molecule has 1 N–H and O–H groups in total. The van der Waals surface area contributed by atoms with E-state index in [1.165, 1.54) is 16.0 Å². The highest BCUT2D eigenvalue weighted by molar-refractivity contribution is 7.98. The summed E-state index contributed by atoms with van der Waals surface area (Å²) in [6.07, 6.45) is 2.07. The van der Waals surface area contributed by atoms with Gasteiger partial charge in [0.25, 0.3) is 0 Å². The van der Waals surface area contributed by atoms with Crippen LogP contribution in [0.5, 0.6) is 0 Å². The van der Waals surface area contributed by atoms with Gasteiger partial charge in [0.05, 0.1) is 10.7 Å². The molecule has 2 aromatic rings. The van der Waals surface area contributed by atoms with Crippen LogP contribution in [0.2, 0.25) is 10.2 Å². The van der Waals surface area contributed by atoms with Crippen molar-refractivity contribution in [2.45, 2.75) is 23.5 Å². The number of aromatic nitrogens is 2. The Bertz CT molecular complexity index is 632. The van der Waals surface area contributed by atoms with E-state index >= 15 is 0 Å². The quantitative estimate of drug-likeness (QED) is 0.864. The molecule has 21 heavy (non-hydrogen) atoms. The third-order valence-corrected chi connectivity index (χ3v) is 5.31. The summed E-state index contributed by atoms with van der Waals surface area (Å²) >= 11 is 13.9. The maximum Gasteiger partial charge on any atom is 0.151 e. The first-order valence-electron chi connectivity index (χ1n) is 6.86. The van der Waals surface area contributed by atoms with Gasteiger partial charge >= 0.3 is 0 Å². The average Bonchev–Trinajstić information content (AvgIpc) is 2.73. The minimum atomic E-state index is 0.418. The molecule has 3 rings (SSSR count). The number of fused-ring (bicyclic) bond motifs is 1. The first-order chi connectivity index (χ1) is 10.2. The number of hydrogen-bond acceptors (Lipinski definition) is 4. The van der Waals surface area contributed by atoms with E-state index in [4.69, 9.17) is 23.2 Å². The number of hydrogen-bond donors (Lipinski definition) is 1. The lowest BCUT2D eigenvalue weighted by Crippen LogP contribution is -2.16. The fraction of sp³-hybridized carbons (Fsp3) is 0.333. The first-order valence-corrected chi connectivity index (χ1v) is 8.60. The smallest absolute Gasteiger partial charge is 0.151 e. The number of thioether (sulfide) groups is 1. The molecule has 1 aromatic carbocycles. The SMILES string of the molecule is Clc1ccc(CSc2c(Cl)ccc3c2CCNCC3)nn1. The lowest BCUT2D eigenvalue weighted by atomic mass is 10.0. The van der Waals surface area contributed by atoms with Crippen LogP contribution < -0.4 is 5.32 Å². The molecule has 1 aromatic heterocycles. The fourth-order valence-electron chi connectivity index (χ4n) is 2.43. The summed E-state index contributed by atoms with van der Waals surface area (Å²) in [4.78, 5) is 1.18. The van der Waals surface area contributed by atoms with Crippen molar-refractivity contribution in [2.24, 2.45) is 0 Å². The third kappa shape index (κ3) is 3.69. The van der Waals surface area contributed by atoms with Crippen molar-refractivity contribution in [1.82, 2.24) is 15.5 Å². The maximum atomic E-state index is 6.41. The minimum Gasteiger partial charge on any atom is -0.316 e. The van der Waals surface area contributed by atoms with Gasteiger partial charge < -0.3 is 5.32 Å². The zero-order chi connectivity index (χ0) is 14.7. The summed E-state index contributed by atoms with van der Waals surface area (Å²) in [7, 11) is 0. The van der Waals surface area contributed by atoms with Gasteiger partial charge in [0.1, 0.15) is 0 Å². The number of nitrogens with one attached hydrogen (secondary N) is 1.